The fourth-order valence-corrected chi connectivity index (χ4v) is 3.48. The van der Waals surface area contributed by atoms with E-state index in [1.165, 1.54) is 29.7 Å². The van der Waals surface area contributed by atoms with Gasteiger partial charge in [-0.1, -0.05) is 17.7 Å². The van der Waals surface area contributed by atoms with E-state index in [0.29, 0.717) is 27.7 Å². The van der Waals surface area contributed by atoms with Crippen LogP contribution >= 0.6 is 22.9 Å². The predicted octanol–water partition coefficient (Wildman–Crippen LogP) is 5.23. The Bertz CT molecular complexity index is 1130. The number of rotatable bonds is 4. The summed E-state index contributed by atoms with van der Waals surface area (Å²) in [6.45, 7) is 0.287. The molecule has 1 N–H and O–H groups in total. The van der Waals surface area contributed by atoms with Crippen molar-refractivity contribution in [1.82, 2.24) is 9.97 Å². The van der Waals surface area contributed by atoms with E-state index in [-0.39, 0.29) is 17.6 Å². The van der Waals surface area contributed by atoms with Gasteiger partial charge in [0.05, 0.1) is 33.4 Å². The lowest BCUT2D eigenvalue weighted by atomic mass is 10.1. The molecule has 0 radical (unpaired) electrons. The van der Waals surface area contributed by atoms with Gasteiger partial charge in [-0.15, -0.1) is 11.3 Å². The number of hydrogen-bond acceptors (Lipinski definition) is 6. The number of halogens is 2. The van der Waals surface area contributed by atoms with Gasteiger partial charge in [0, 0.05) is 11.6 Å². The van der Waals surface area contributed by atoms with Gasteiger partial charge in [0.15, 0.2) is 0 Å². The summed E-state index contributed by atoms with van der Waals surface area (Å²) in [7, 11) is 0. The molecule has 0 fully saturated rings. The molecule has 0 atom stereocenters. The molecule has 4 rings (SSSR count). The van der Waals surface area contributed by atoms with Crippen LogP contribution in [0, 0.1) is 17.1 Å². The van der Waals surface area contributed by atoms with E-state index in [1.54, 1.807) is 6.26 Å². The maximum Gasteiger partial charge on any atom is 0.236 e. The Balaban J connectivity index is 1.69. The van der Waals surface area contributed by atoms with Crippen molar-refractivity contribution in [2.45, 2.75) is 6.54 Å². The molecule has 5 nitrogen and oxygen atoms in total. The number of hydrogen-bond donors (Lipinski definition) is 1. The highest BCUT2D eigenvalue weighted by atomic mass is 35.5. The highest BCUT2D eigenvalue weighted by Crippen LogP contribution is 2.33. The average Bonchev–Trinajstić information content (AvgIpc) is 3.33. The number of nitriles is 1. The summed E-state index contributed by atoms with van der Waals surface area (Å²) in [5.41, 5.74) is 1.45. The topological polar surface area (TPSA) is 74.7 Å². The maximum absolute atomic E-state index is 14.0. The second-order valence-corrected chi connectivity index (χ2v) is 6.74. The zero-order chi connectivity index (χ0) is 18.1. The molecule has 26 heavy (non-hydrogen) atoms. The van der Waals surface area contributed by atoms with E-state index < -0.39 is 5.82 Å². The van der Waals surface area contributed by atoms with Crippen LogP contribution in [0.4, 0.5) is 10.1 Å². The minimum atomic E-state index is -0.502. The van der Waals surface area contributed by atoms with Crippen LogP contribution in [0.25, 0.3) is 21.7 Å². The van der Waals surface area contributed by atoms with Crippen molar-refractivity contribution < 1.29 is 8.81 Å². The lowest BCUT2D eigenvalue weighted by molar-refractivity contribution is 0.574. The number of pyridine rings is 1. The fourth-order valence-electron chi connectivity index (χ4n) is 2.58. The third-order valence-electron chi connectivity index (χ3n) is 3.77. The maximum atomic E-state index is 14.0. The van der Waals surface area contributed by atoms with Crippen LogP contribution in [-0.2, 0) is 6.54 Å². The van der Waals surface area contributed by atoms with Gasteiger partial charge in [-0.3, -0.25) is 4.98 Å². The van der Waals surface area contributed by atoms with Gasteiger partial charge in [0.2, 0.25) is 5.89 Å². The molecule has 3 heterocycles. The summed E-state index contributed by atoms with van der Waals surface area (Å²) in [5.74, 6) is 0.0272. The van der Waals surface area contributed by atoms with Crippen molar-refractivity contribution in [3.05, 3.63) is 64.2 Å². The second kappa shape index (κ2) is 6.75. The van der Waals surface area contributed by atoms with Crippen LogP contribution in [0.5, 0.6) is 0 Å². The zero-order valence-corrected chi connectivity index (χ0v) is 14.7. The largest absolute Gasteiger partial charge is 0.443 e. The van der Waals surface area contributed by atoms with E-state index in [4.69, 9.17) is 16.0 Å². The van der Waals surface area contributed by atoms with Crippen molar-refractivity contribution in [2.24, 2.45) is 0 Å². The van der Waals surface area contributed by atoms with Crippen molar-refractivity contribution in [3.63, 3.8) is 0 Å². The highest BCUT2D eigenvalue weighted by Gasteiger charge is 2.16. The smallest absolute Gasteiger partial charge is 0.236 e. The predicted molar refractivity (Wildman–Crippen MR) is 98.6 cm³/mol. The molecule has 0 aliphatic carbocycles. The molecule has 0 saturated carbocycles. The SMILES string of the molecule is N#Cc1cnc2c(F)ccc(Cl)c2c1NCc1coc(-c2cccs2)n1. The first-order chi connectivity index (χ1) is 12.7. The van der Waals surface area contributed by atoms with Crippen LogP contribution in [0.15, 0.2) is 46.5 Å². The van der Waals surface area contributed by atoms with E-state index in [0.717, 1.165) is 4.88 Å². The summed E-state index contributed by atoms with van der Waals surface area (Å²) < 4.78 is 19.5. The number of nitrogens with zero attached hydrogens (tertiary/aromatic N) is 3. The molecule has 0 saturated heterocycles. The lowest BCUT2D eigenvalue weighted by Gasteiger charge is -2.11. The van der Waals surface area contributed by atoms with Crippen molar-refractivity contribution in [2.75, 3.05) is 5.32 Å². The fraction of sp³-hybridized carbons (Fsp3) is 0.0556. The molecule has 1 aromatic carbocycles. The third-order valence-corrected chi connectivity index (χ3v) is 4.94. The molecule has 0 bridgehead atoms. The van der Waals surface area contributed by atoms with Crippen LogP contribution in [0.1, 0.15) is 11.3 Å². The van der Waals surface area contributed by atoms with Gasteiger partial charge < -0.3 is 9.73 Å². The minimum Gasteiger partial charge on any atom is -0.443 e. The van der Waals surface area contributed by atoms with Gasteiger partial charge >= 0.3 is 0 Å². The number of anilines is 1. The van der Waals surface area contributed by atoms with E-state index in [9.17, 15) is 9.65 Å². The summed E-state index contributed by atoms with van der Waals surface area (Å²) >= 11 is 7.76. The molecule has 0 spiro atoms. The molecule has 3 aromatic heterocycles. The lowest BCUT2D eigenvalue weighted by Crippen LogP contribution is -2.04. The minimum absolute atomic E-state index is 0.110. The van der Waals surface area contributed by atoms with Crippen LogP contribution in [0.2, 0.25) is 5.02 Å². The number of fused-ring (bicyclic) bond motifs is 1. The molecule has 0 aliphatic rings. The average molecular weight is 385 g/mol. The normalized spacial score (nSPS) is 10.8. The number of thiophene rings is 1. The van der Waals surface area contributed by atoms with Gasteiger partial charge in [-0.25, -0.2) is 9.37 Å². The molecule has 0 amide bonds. The Morgan fingerprint density at radius 3 is 3.00 bits per heavy atom. The van der Waals surface area contributed by atoms with Crippen LogP contribution < -0.4 is 5.32 Å². The van der Waals surface area contributed by atoms with Gasteiger partial charge in [-0.2, -0.15) is 5.26 Å². The Labute approximate surface area is 156 Å². The van der Waals surface area contributed by atoms with Gasteiger partial charge in [0.25, 0.3) is 0 Å². The Kier molecular flexibility index (Phi) is 4.29. The van der Waals surface area contributed by atoms with Crippen LogP contribution in [-0.4, -0.2) is 9.97 Å². The number of nitrogens with one attached hydrogen (secondary N) is 1. The second-order valence-electron chi connectivity index (χ2n) is 5.39. The standard InChI is InChI=1S/C18H10ClFN4OS/c19-12-3-4-13(20)17-15(12)16(10(6-21)7-22-17)23-8-11-9-25-18(24-11)14-2-1-5-26-14/h1-5,7,9H,8H2,(H,22,23). The summed E-state index contributed by atoms with van der Waals surface area (Å²) in [6.07, 6.45) is 2.86. The zero-order valence-electron chi connectivity index (χ0n) is 13.2. The number of benzene rings is 1. The molecule has 4 aromatic rings. The Hall–Kier alpha value is -2.95. The summed E-state index contributed by atoms with van der Waals surface area (Å²) in [4.78, 5) is 9.35. The molecule has 0 aliphatic heterocycles. The van der Waals surface area contributed by atoms with E-state index >= 15 is 0 Å². The van der Waals surface area contributed by atoms with Crippen molar-refractivity contribution in [1.29, 1.82) is 5.26 Å². The van der Waals surface area contributed by atoms with E-state index in [1.807, 2.05) is 23.6 Å². The first-order valence-electron chi connectivity index (χ1n) is 7.56. The molecule has 8 heteroatoms. The molecular weight excluding hydrogens is 375 g/mol. The molecule has 128 valence electrons. The van der Waals surface area contributed by atoms with Crippen LogP contribution in [0.3, 0.4) is 0 Å². The summed E-state index contributed by atoms with van der Waals surface area (Å²) in [6, 6.07) is 8.58. The molecular formula is C18H10ClFN4OS. The highest BCUT2D eigenvalue weighted by molar-refractivity contribution is 7.13. The first kappa shape index (κ1) is 16.5. The van der Waals surface area contributed by atoms with E-state index in [2.05, 4.69) is 15.3 Å². The quantitative estimate of drug-likeness (QED) is 0.521. The summed E-state index contributed by atoms with van der Waals surface area (Å²) in [5, 5.41) is 15.1. The van der Waals surface area contributed by atoms with Gasteiger partial charge in [-0.05, 0) is 23.6 Å². The Morgan fingerprint density at radius 1 is 1.35 bits per heavy atom. The third kappa shape index (κ3) is 2.90. The Morgan fingerprint density at radius 2 is 2.23 bits per heavy atom. The monoisotopic (exact) mass is 384 g/mol. The molecule has 0 unspecified atom stereocenters. The number of oxazole rings is 1. The van der Waals surface area contributed by atoms with Crippen molar-refractivity contribution >= 4 is 39.5 Å². The van der Waals surface area contributed by atoms with Gasteiger partial charge in [0.1, 0.15) is 23.7 Å². The van der Waals surface area contributed by atoms with Crippen molar-refractivity contribution in [3.8, 4) is 16.8 Å². The number of aromatic nitrogens is 2. The first-order valence-corrected chi connectivity index (χ1v) is 8.82.